The first-order valence-corrected chi connectivity index (χ1v) is 4.36. The van der Waals surface area contributed by atoms with Gasteiger partial charge in [0.05, 0.1) is 0 Å². The van der Waals surface area contributed by atoms with Gasteiger partial charge in [-0.15, -0.1) is 0 Å². The van der Waals surface area contributed by atoms with E-state index in [4.69, 9.17) is 4.42 Å². The van der Waals surface area contributed by atoms with Crippen LogP contribution in [0.25, 0.3) is 0 Å². The third-order valence-electron chi connectivity index (χ3n) is 1.47. The fourth-order valence-electron chi connectivity index (χ4n) is 0.876. The van der Waals surface area contributed by atoms with Gasteiger partial charge in [-0.05, 0) is 22.9 Å². The van der Waals surface area contributed by atoms with Gasteiger partial charge in [-0.3, -0.25) is 4.57 Å². The Hall–Kier alpha value is -1.10. The first kappa shape index (κ1) is 9.98. The van der Waals surface area contributed by atoms with Crippen LogP contribution in [0.1, 0.15) is 5.76 Å². The molecule has 0 saturated carbocycles. The fourth-order valence-corrected chi connectivity index (χ4v) is 0.979. The third-order valence-corrected chi connectivity index (χ3v) is 1.68. The molecule has 0 aromatic carbocycles. The molecule has 0 saturated heterocycles. The second kappa shape index (κ2) is 3.74. The minimum Gasteiger partial charge on any atom is -0.411 e. The first-order valence-electron chi connectivity index (χ1n) is 3.57. The predicted octanol–water partition coefficient (Wildman–Crippen LogP) is 1.90. The summed E-state index contributed by atoms with van der Waals surface area (Å²) in [6, 6.07) is 0. The summed E-state index contributed by atoms with van der Waals surface area (Å²) in [5, 5.41) is 0. The zero-order valence-electron chi connectivity index (χ0n) is 7.37. The number of hydrogen-bond donors (Lipinski definition) is 0. The molecule has 4 nitrogen and oxygen atoms in total. The van der Waals surface area contributed by atoms with Gasteiger partial charge in [-0.25, -0.2) is 9.79 Å². The fraction of sp³-hybridized carbons (Fsp3) is 0.250. The third kappa shape index (κ3) is 2.18. The lowest BCUT2D eigenvalue weighted by Crippen LogP contribution is -2.08. The Labute approximate surface area is 83.7 Å². The molecule has 1 heterocycles. The summed E-state index contributed by atoms with van der Waals surface area (Å²) < 4.78 is 6.80. The lowest BCUT2D eigenvalue weighted by atomic mass is 10.5. The largest absolute Gasteiger partial charge is 0.420 e. The van der Waals surface area contributed by atoms with Crippen molar-refractivity contribution in [1.82, 2.24) is 4.57 Å². The van der Waals surface area contributed by atoms with Crippen molar-refractivity contribution in [2.75, 3.05) is 0 Å². The predicted molar refractivity (Wildman–Crippen MR) is 54.9 cm³/mol. The molecule has 0 aliphatic heterocycles. The topological polar surface area (TPSA) is 47.5 Å². The van der Waals surface area contributed by atoms with Gasteiger partial charge >= 0.3 is 5.76 Å². The van der Waals surface area contributed by atoms with E-state index >= 15 is 0 Å². The first-order chi connectivity index (χ1) is 6.02. The summed E-state index contributed by atoms with van der Waals surface area (Å²) in [4.78, 5) is 15.0. The highest BCUT2D eigenvalue weighted by molar-refractivity contribution is 9.12. The Bertz CT molecular complexity index is 414. The Morgan fingerprint density at radius 2 is 2.38 bits per heavy atom. The lowest BCUT2D eigenvalue weighted by molar-refractivity contribution is 0.472. The quantitative estimate of drug-likeness (QED) is 0.747. The highest BCUT2D eigenvalue weighted by Crippen LogP contribution is 2.15. The van der Waals surface area contributed by atoms with Crippen molar-refractivity contribution in [3.63, 3.8) is 0 Å². The molecule has 1 aromatic heterocycles. The molecule has 0 spiro atoms. The number of hydrogen-bond acceptors (Lipinski definition) is 3. The maximum Gasteiger partial charge on any atom is 0.420 e. The number of rotatable bonds is 2. The zero-order valence-corrected chi connectivity index (χ0v) is 8.96. The molecule has 5 heteroatoms. The number of aliphatic imine (C=N–C) groups is 1. The van der Waals surface area contributed by atoms with Gasteiger partial charge in [0.2, 0.25) is 0 Å². The van der Waals surface area contributed by atoms with E-state index < -0.39 is 5.76 Å². The second-order valence-electron chi connectivity index (χ2n) is 2.51. The van der Waals surface area contributed by atoms with Crippen LogP contribution in [0, 0.1) is 6.92 Å². The van der Waals surface area contributed by atoms with Crippen molar-refractivity contribution in [2.24, 2.45) is 12.0 Å². The van der Waals surface area contributed by atoms with E-state index in [1.165, 1.54) is 10.8 Å². The molecule has 0 N–H and O–H groups in total. The summed E-state index contributed by atoms with van der Waals surface area (Å²) in [5.41, 5.74) is 0. The van der Waals surface area contributed by atoms with E-state index in [1.807, 2.05) is 0 Å². The van der Waals surface area contributed by atoms with Crippen molar-refractivity contribution < 1.29 is 4.42 Å². The smallest absolute Gasteiger partial charge is 0.411 e. The molecule has 0 radical (unpaired) electrons. The SMILES string of the molecule is C=C(Br)/C=N\c1c(C)oc(=O)n1C. The number of allylic oxidation sites excluding steroid dienone is 1. The minimum absolute atomic E-state index is 0.412. The molecule has 1 rings (SSSR count). The summed E-state index contributed by atoms with van der Waals surface area (Å²) in [7, 11) is 1.60. The Kier molecular flexibility index (Phi) is 2.87. The van der Waals surface area contributed by atoms with E-state index in [2.05, 4.69) is 27.5 Å². The van der Waals surface area contributed by atoms with E-state index in [0.717, 1.165) is 0 Å². The van der Waals surface area contributed by atoms with Crippen molar-refractivity contribution >= 4 is 28.0 Å². The average Bonchev–Trinajstić information content (AvgIpc) is 2.24. The van der Waals surface area contributed by atoms with Gasteiger partial charge in [0.25, 0.3) is 0 Å². The molecule has 70 valence electrons. The average molecular weight is 245 g/mol. The Morgan fingerprint density at radius 1 is 1.77 bits per heavy atom. The summed E-state index contributed by atoms with van der Waals surface area (Å²) in [5.74, 6) is 0.591. The van der Waals surface area contributed by atoms with Gasteiger partial charge in [0.1, 0.15) is 5.76 Å². The number of halogens is 1. The number of nitrogens with zero attached hydrogens (tertiary/aromatic N) is 2. The van der Waals surface area contributed by atoms with Crippen LogP contribution in [-0.4, -0.2) is 10.8 Å². The zero-order chi connectivity index (χ0) is 10.0. The highest BCUT2D eigenvalue weighted by atomic mass is 79.9. The van der Waals surface area contributed by atoms with E-state index in [9.17, 15) is 4.79 Å². The van der Waals surface area contributed by atoms with Crippen molar-refractivity contribution in [3.05, 3.63) is 27.4 Å². The van der Waals surface area contributed by atoms with Crippen LogP contribution in [0.2, 0.25) is 0 Å². The van der Waals surface area contributed by atoms with Crippen molar-refractivity contribution in [1.29, 1.82) is 0 Å². The van der Waals surface area contributed by atoms with Gasteiger partial charge in [0, 0.05) is 17.7 Å². The van der Waals surface area contributed by atoms with Crippen LogP contribution in [0.5, 0.6) is 0 Å². The second-order valence-corrected chi connectivity index (χ2v) is 3.53. The molecular weight excluding hydrogens is 236 g/mol. The van der Waals surface area contributed by atoms with Crippen molar-refractivity contribution in [3.8, 4) is 0 Å². The van der Waals surface area contributed by atoms with Crippen LogP contribution in [0.15, 0.2) is 25.3 Å². The van der Waals surface area contributed by atoms with Crippen LogP contribution in [0.3, 0.4) is 0 Å². The maximum atomic E-state index is 11.0. The summed E-state index contributed by atoms with van der Waals surface area (Å²) >= 11 is 3.13. The van der Waals surface area contributed by atoms with Crippen molar-refractivity contribution in [2.45, 2.75) is 6.92 Å². The van der Waals surface area contributed by atoms with E-state index in [1.54, 1.807) is 14.0 Å². The van der Waals surface area contributed by atoms with Crippen LogP contribution < -0.4 is 5.76 Å². The summed E-state index contributed by atoms with van der Waals surface area (Å²) in [6.45, 7) is 5.27. The number of aryl methyl sites for hydroxylation is 1. The standard InChI is InChI=1S/C8H9BrN2O2/c1-5(9)4-10-7-6(2)13-8(12)11(7)3/h4H,1H2,2-3H3/b10-4-. The molecule has 0 fully saturated rings. The van der Waals surface area contributed by atoms with Gasteiger partial charge < -0.3 is 4.42 Å². The molecule has 0 aliphatic carbocycles. The van der Waals surface area contributed by atoms with E-state index in [0.29, 0.717) is 16.1 Å². The molecule has 0 amide bonds. The maximum absolute atomic E-state index is 11.0. The molecule has 0 aliphatic rings. The number of aromatic nitrogens is 1. The minimum atomic E-state index is -0.412. The van der Waals surface area contributed by atoms with Gasteiger partial charge in [0.15, 0.2) is 5.82 Å². The summed E-state index contributed by atoms with van der Waals surface area (Å²) in [6.07, 6.45) is 1.51. The molecular formula is C8H9BrN2O2. The van der Waals surface area contributed by atoms with Crippen LogP contribution in [0.4, 0.5) is 5.82 Å². The monoisotopic (exact) mass is 244 g/mol. The molecule has 13 heavy (non-hydrogen) atoms. The van der Waals surface area contributed by atoms with Gasteiger partial charge in [-0.1, -0.05) is 6.58 Å². The molecule has 0 unspecified atom stereocenters. The van der Waals surface area contributed by atoms with E-state index in [-0.39, 0.29) is 0 Å². The highest BCUT2D eigenvalue weighted by Gasteiger charge is 2.07. The lowest BCUT2D eigenvalue weighted by Gasteiger charge is -1.91. The normalized spacial score (nSPS) is 11.0. The molecule has 0 bridgehead atoms. The van der Waals surface area contributed by atoms with Crippen LogP contribution >= 0.6 is 15.9 Å². The number of oxazole rings is 1. The van der Waals surface area contributed by atoms with Crippen LogP contribution in [-0.2, 0) is 7.05 Å². The Balaban J connectivity index is 3.15. The Morgan fingerprint density at radius 3 is 2.77 bits per heavy atom. The molecule has 1 aromatic rings. The molecule has 0 atom stereocenters. The van der Waals surface area contributed by atoms with Gasteiger partial charge in [-0.2, -0.15) is 0 Å².